The van der Waals surface area contributed by atoms with Gasteiger partial charge in [-0.15, -0.1) is 0 Å². The second kappa shape index (κ2) is 13.6. The van der Waals surface area contributed by atoms with Crippen molar-refractivity contribution in [3.63, 3.8) is 0 Å². The average molecular weight is 431 g/mol. The predicted molar refractivity (Wildman–Crippen MR) is 119 cm³/mol. The van der Waals surface area contributed by atoms with E-state index in [-0.39, 0.29) is 5.60 Å². The fourth-order valence-corrected chi connectivity index (χ4v) is 5.96. The van der Waals surface area contributed by atoms with Gasteiger partial charge in [0.05, 0.1) is 6.61 Å². The van der Waals surface area contributed by atoms with Crippen molar-refractivity contribution in [2.24, 2.45) is 0 Å². The van der Waals surface area contributed by atoms with Gasteiger partial charge in [0.2, 0.25) is 0 Å². The molecule has 0 bridgehead atoms. The highest BCUT2D eigenvalue weighted by molar-refractivity contribution is 7.94. The van der Waals surface area contributed by atoms with Crippen molar-refractivity contribution in [1.82, 2.24) is 0 Å². The van der Waals surface area contributed by atoms with Gasteiger partial charge in [0, 0.05) is 31.6 Å². The molecule has 1 aromatic rings. The van der Waals surface area contributed by atoms with Crippen molar-refractivity contribution in [2.45, 2.75) is 66.0 Å². The van der Waals surface area contributed by atoms with Gasteiger partial charge in [-0.05, 0) is 84.1 Å². The molecule has 0 amide bonds. The predicted octanol–water partition coefficient (Wildman–Crippen LogP) is 5.51. The summed E-state index contributed by atoms with van der Waals surface area (Å²) in [6, 6.07) is 9.09. The maximum atomic E-state index is 5.86. The van der Waals surface area contributed by atoms with E-state index in [4.69, 9.17) is 22.2 Å². The Morgan fingerprint density at radius 3 is 1.96 bits per heavy atom. The van der Waals surface area contributed by atoms with Crippen LogP contribution in [0.1, 0.15) is 53.5 Å². The zero-order valence-electron chi connectivity index (χ0n) is 18.4. The van der Waals surface area contributed by atoms with E-state index in [2.05, 4.69) is 32.9 Å². The zero-order chi connectivity index (χ0) is 20.9. The summed E-state index contributed by atoms with van der Waals surface area (Å²) >= 11 is 1.51. The first kappa shape index (κ1) is 25.5. The molecule has 0 aliphatic carbocycles. The lowest BCUT2D eigenvalue weighted by atomic mass is 10.1. The first-order chi connectivity index (χ1) is 13.3. The summed E-state index contributed by atoms with van der Waals surface area (Å²) in [5.74, 6) is 1.83. The number of aryl methyl sites for hydroxylation is 1. The Hall–Kier alpha value is -0.573. The van der Waals surface area contributed by atoms with Gasteiger partial charge in [-0.3, -0.25) is 0 Å². The van der Waals surface area contributed by atoms with E-state index < -0.39 is 8.80 Å². The molecule has 0 unspecified atom stereocenters. The van der Waals surface area contributed by atoms with E-state index in [0.29, 0.717) is 26.4 Å². The van der Waals surface area contributed by atoms with Crippen molar-refractivity contribution < 1.29 is 22.2 Å². The normalized spacial score (nSPS) is 12.4. The number of benzene rings is 1. The van der Waals surface area contributed by atoms with E-state index in [1.165, 1.54) is 17.6 Å². The highest BCUT2D eigenvalue weighted by Crippen LogP contribution is 2.21. The van der Waals surface area contributed by atoms with Crippen LogP contribution < -0.4 is 4.74 Å². The maximum absolute atomic E-state index is 5.86. The molecule has 1 aromatic carbocycles. The monoisotopic (exact) mass is 430 g/mol. The Morgan fingerprint density at radius 2 is 1.46 bits per heavy atom. The van der Waals surface area contributed by atoms with Gasteiger partial charge in [0.15, 0.2) is 0 Å². The number of rotatable bonds is 15. The molecule has 28 heavy (non-hydrogen) atoms. The van der Waals surface area contributed by atoms with Gasteiger partial charge in [0.25, 0.3) is 0 Å². The van der Waals surface area contributed by atoms with Crippen LogP contribution in [0, 0.1) is 0 Å². The third kappa shape index (κ3) is 10.8. The smallest absolute Gasteiger partial charge is 0.488 e. The van der Waals surface area contributed by atoms with Crippen LogP contribution in [0.5, 0.6) is 5.75 Å². The molecule has 0 aromatic heterocycles. The van der Waals surface area contributed by atoms with Crippen molar-refractivity contribution in [1.29, 1.82) is 0 Å². The molecule has 0 aliphatic heterocycles. The molecule has 0 heterocycles. The Morgan fingerprint density at radius 1 is 0.893 bits per heavy atom. The Labute approximate surface area is 177 Å². The summed E-state index contributed by atoms with van der Waals surface area (Å²) in [7, 11) is -2.54. The van der Waals surface area contributed by atoms with Crippen LogP contribution in [-0.2, 0) is 23.9 Å². The largest absolute Gasteiger partial charge is 0.501 e. The van der Waals surface area contributed by atoms with Crippen LogP contribution in [0.15, 0.2) is 24.3 Å². The zero-order valence-corrected chi connectivity index (χ0v) is 20.2. The Bertz CT molecular complexity index is 502. The van der Waals surface area contributed by atoms with Gasteiger partial charge in [-0.1, -0.05) is 12.1 Å². The molecule has 0 spiro atoms. The Kier molecular flexibility index (Phi) is 12.4. The van der Waals surface area contributed by atoms with Gasteiger partial charge in [-0.2, -0.15) is 0 Å². The molecule has 7 heteroatoms. The van der Waals surface area contributed by atoms with Gasteiger partial charge in [-0.25, -0.2) is 0 Å². The molecule has 0 fully saturated rings. The van der Waals surface area contributed by atoms with Crippen LogP contribution in [-0.4, -0.2) is 46.6 Å². The molecule has 162 valence electrons. The van der Waals surface area contributed by atoms with Crippen LogP contribution in [0.3, 0.4) is 0 Å². The van der Waals surface area contributed by atoms with Gasteiger partial charge >= 0.3 is 8.80 Å². The molecule has 5 nitrogen and oxygen atoms in total. The van der Waals surface area contributed by atoms with Crippen molar-refractivity contribution in [3.8, 4) is 5.75 Å². The summed E-state index contributed by atoms with van der Waals surface area (Å²) in [6.45, 7) is 14.6. The van der Waals surface area contributed by atoms with Crippen LogP contribution in [0.25, 0.3) is 0 Å². The van der Waals surface area contributed by atoms with E-state index >= 15 is 0 Å². The van der Waals surface area contributed by atoms with E-state index in [9.17, 15) is 0 Å². The third-order valence-corrected chi connectivity index (χ3v) is 7.56. The van der Waals surface area contributed by atoms with Crippen LogP contribution in [0.4, 0.5) is 0 Å². The molecule has 0 atom stereocenters. The number of hydrogen-bond acceptors (Lipinski definition) is 6. The molecule has 0 N–H and O–H groups in total. The van der Waals surface area contributed by atoms with Crippen molar-refractivity contribution in [2.75, 3.05) is 32.2 Å². The molecule has 0 radical (unpaired) electrons. The first-order valence-corrected chi connectivity index (χ1v) is 13.1. The van der Waals surface area contributed by atoms with Crippen molar-refractivity contribution >= 4 is 20.8 Å². The van der Waals surface area contributed by atoms with Crippen LogP contribution >= 0.6 is 12.0 Å². The summed E-state index contributed by atoms with van der Waals surface area (Å²) in [4.78, 5) is 0. The minimum absolute atomic E-state index is 0.168. The second-order valence-electron chi connectivity index (χ2n) is 7.34. The molecule has 0 aliphatic rings. The molecular formula is C21H38O5SSi. The lowest BCUT2D eigenvalue weighted by Crippen LogP contribution is -2.46. The lowest BCUT2D eigenvalue weighted by Gasteiger charge is -2.28. The fraction of sp³-hybridized carbons (Fsp3) is 0.714. The lowest BCUT2D eigenvalue weighted by molar-refractivity contribution is 0.0699. The molecule has 0 saturated heterocycles. The SMILES string of the molecule is CCO[Si](CCCOSCCc1ccc(OC(C)(C)C)cc1)(OCC)OCC. The third-order valence-electron chi connectivity index (χ3n) is 3.71. The van der Waals surface area contributed by atoms with E-state index in [1.54, 1.807) is 0 Å². The van der Waals surface area contributed by atoms with E-state index in [0.717, 1.165) is 30.4 Å². The fourth-order valence-electron chi connectivity index (χ4n) is 2.70. The van der Waals surface area contributed by atoms with Crippen LogP contribution in [0.2, 0.25) is 6.04 Å². The minimum Gasteiger partial charge on any atom is -0.488 e. The molecule has 1 rings (SSSR count). The minimum atomic E-state index is -2.54. The maximum Gasteiger partial charge on any atom is 0.501 e. The summed E-state index contributed by atoms with van der Waals surface area (Å²) in [6.07, 6.45) is 1.84. The number of ether oxygens (including phenoxy) is 1. The highest BCUT2D eigenvalue weighted by atomic mass is 32.2. The summed E-state index contributed by atoms with van der Waals surface area (Å²) in [5.41, 5.74) is 1.12. The topological polar surface area (TPSA) is 46.2 Å². The van der Waals surface area contributed by atoms with Crippen molar-refractivity contribution in [3.05, 3.63) is 29.8 Å². The number of hydrogen-bond donors (Lipinski definition) is 0. The first-order valence-electron chi connectivity index (χ1n) is 10.3. The van der Waals surface area contributed by atoms with E-state index in [1.807, 2.05) is 32.9 Å². The average Bonchev–Trinajstić information content (AvgIpc) is 2.62. The highest BCUT2D eigenvalue weighted by Gasteiger charge is 2.39. The van der Waals surface area contributed by atoms with Gasteiger partial charge < -0.3 is 22.2 Å². The summed E-state index contributed by atoms with van der Waals surface area (Å²) in [5, 5.41) is 0. The summed E-state index contributed by atoms with van der Waals surface area (Å²) < 4.78 is 29.1. The standard InChI is InChI=1S/C21H38O5SSi/c1-7-23-28(24-8-2,25-9-3)18-10-16-22-27-17-15-19-11-13-20(14-12-19)26-21(4,5)6/h11-14H,7-10,15-18H2,1-6H3. The molecular weight excluding hydrogens is 392 g/mol. The molecule has 0 saturated carbocycles. The van der Waals surface area contributed by atoms with Gasteiger partial charge in [0.1, 0.15) is 11.4 Å². The quantitative estimate of drug-likeness (QED) is 0.208. The Balaban J connectivity index is 2.24. The second-order valence-corrected chi connectivity index (χ2v) is 10.9.